The highest BCUT2D eigenvalue weighted by atomic mass is 32.1. The first kappa shape index (κ1) is 14.9. The summed E-state index contributed by atoms with van der Waals surface area (Å²) in [4.78, 5) is 16.8. The standard InChI is InChI=1S/C15H21N3OS/c1-17-8-7-11(9-17)10-18(2)15(19)13-5-3-12(4-6-13)14(16)20/h3-6,11H,7-10H2,1-2H3,(H2,16,20). The summed E-state index contributed by atoms with van der Waals surface area (Å²) in [6, 6.07) is 7.17. The smallest absolute Gasteiger partial charge is 0.253 e. The third-order valence-electron chi connectivity index (χ3n) is 3.78. The first-order chi connectivity index (χ1) is 9.47. The minimum atomic E-state index is 0.0500. The Hall–Kier alpha value is -1.46. The molecule has 0 bridgehead atoms. The van der Waals surface area contributed by atoms with Crippen LogP contribution in [0.25, 0.3) is 0 Å². The monoisotopic (exact) mass is 291 g/mol. The average molecular weight is 291 g/mol. The Morgan fingerprint density at radius 1 is 1.40 bits per heavy atom. The van der Waals surface area contributed by atoms with Gasteiger partial charge in [-0.15, -0.1) is 0 Å². The highest BCUT2D eigenvalue weighted by molar-refractivity contribution is 7.80. The Morgan fingerprint density at radius 2 is 2.00 bits per heavy atom. The molecule has 1 amide bonds. The summed E-state index contributed by atoms with van der Waals surface area (Å²) < 4.78 is 0. The van der Waals surface area contributed by atoms with Crippen molar-refractivity contribution in [1.82, 2.24) is 9.80 Å². The Morgan fingerprint density at radius 3 is 2.50 bits per heavy atom. The van der Waals surface area contributed by atoms with E-state index < -0.39 is 0 Å². The SMILES string of the molecule is CN1CCC(CN(C)C(=O)c2ccc(C(N)=S)cc2)C1. The van der Waals surface area contributed by atoms with Gasteiger partial charge in [-0.3, -0.25) is 4.79 Å². The fraction of sp³-hybridized carbons (Fsp3) is 0.467. The van der Waals surface area contributed by atoms with Crippen molar-refractivity contribution in [3.8, 4) is 0 Å². The highest BCUT2D eigenvalue weighted by Crippen LogP contribution is 2.16. The Labute approximate surface area is 125 Å². The van der Waals surface area contributed by atoms with Crippen molar-refractivity contribution >= 4 is 23.1 Å². The van der Waals surface area contributed by atoms with Gasteiger partial charge in [0.15, 0.2) is 0 Å². The van der Waals surface area contributed by atoms with Crippen molar-refractivity contribution in [1.29, 1.82) is 0 Å². The van der Waals surface area contributed by atoms with Crippen LogP contribution in [0.15, 0.2) is 24.3 Å². The lowest BCUT2D eigenvalue weighted by atomic mass is 10.1. The molecule has 1 aromatic carbocycles. The Balaban J connectivity index is 1.97. The predicted molar refractivity (Wildman–Crippen MR) is 84.9 cm³/mol. The molecule has 1 saturated heterocycles. The zero-order chi connectivity index (χ0) is 14.7. The van der Waals surface area contributed by atoms with Crippen molar-refractivity contribution < 1.29 is 4.79 Å². The molecule has 0 saturated carbocycles. The van der Waals surface area contributed by atoms with Gasteiger partial charge in [0.1, 0.15) is 4.99 Å². The second-order valence-electron chi connectivity index (χ2n) is 5.54. The molecule has 1 heterocycles. The number of carbonyl (C=O) groups excluding carboxylic acids is 1. The van der Waals surface area contributed by atoms with Gasteiger partial charge in [0.25, 0.3) is 5.91 Å². The van der Waals surface area contributed by atoms with E-state index in [1.165, 1.54) is 0 Å². The molecule has 0 aromatic heterocycles. The van der Waals surface area contributed by atoms with E-state index in [1.54, 1.807) is 29.2 Å². The number of nitrogens with zero attached hydrogens (tertiary/aromatic N) is 2. The molecule has 1 aromatic rings. The van der Waals surface area contributed by atoms with Crippen molar-refractivity contribution in [3.63, 3.8) is 0 Å². The molecule has 0 aliphatic carbocycles. The maximum absolute atomic E-state index is 12.3. The molecule has 108 valence electrons. The molecule has 0 spiro atoms. The Bertz CT molecular complexity index is 500. The van der Waals surface area contributed by atoms with E-state index in [4.69, 9.17) is 18.0 Å². The van der Waals surface area contributed by atoms with E-state index in [1.807, 2.05) is 7.05 Å². The van der Waals surface area contributed by atoms with Gasteiger partial charge in [-0.1, -0.05) is 24.4 Å². The molecule has 1 aliphatic heterocycles. The number of nitrogens with two attached hydrogens (primary N) is 1. The van der Waals surface area contributed by atoms with E-state index in [9.17, 15) is 4.79 Å². The second-order valence-corrected chi connectivity index (χ2v) is 5.98. The maximum atomic E-state index is 12.3. The van der Waals surface area contributed by atoms with Crippen LogP contribution in [0.2, 0.25) is 0 Å². The minimum Gasteiger partial charge on any atom is -0.389 e. The zero-order valence-electron chi connectivity index (χ0n) is 12.0. The summed E-state index contributed by atoms with van der Waals surface area (Å²) in [6.07, 6.45) is 1.16. The number of hydrogen-bond acceptors (Lipinski definition) is 3. The first-order valence-corrected chi connectivity index (χ1v) is 7.22. The van der Waals surface area contributed by atoms with Gasteiger partial charge in [-0.05, 0) is 38.1 Å². The number of rotatable bonds is 4. The van der Waals surface area contributed by atoms with Gasteiger partial charge in [0.05, 0.1) is 0 Å². The first-order valence-electron chi connectivity index (χ1n) is 6.81. The molecular weight excluding hydrogens is 270 g/mol. The van der Waals surface area contributed by atoms with E-state index in [2.05, 4.69) is 11.9 Å². The van der Waals surface area contributed by atoms with E-state index in [0.29, 0.717) is 16.5 Å². The van der Waals surface area contributed by atoms with Crippen molar-refractivity contribution in [2.24, 2.45) is 11.7 Å². The minimum absolute atomic E-state index is 0.0500. The van der Waals surface area contributed by atoms with Crippen LogP contribution in [0, 0.1) is 5.92 Å². The summed E-state index contributed by atoms with van der Waals surface area (Å²) in [5.74, 6) is 0.624. The lowest BCUT2D eigenvalue weighted by Crippen LogP contribution is -2.32. The number of hydrogen-bond donors (Lipinski definition) is 1. The number of likely N-dealkylation sites (tertiary alicyclic amines) is 1. The number of carbonyl (C=O) groups is 1. The zero-order valence-corrected chi connectivity index (χ0v) is 12.8. The molecule has 1 fully saturated rings. The molecule has 1 aliphatic rings. The predicted octanol–water partition coefficient (Wildman–Crippen LogP) is 1.34. The van der Waals surface area contributed by atoms with Crippen molar-refractivity contribution in [2.75, 3.05) is 33.7 Å². The quantitative estimate of drug-likeness (QED) is 0.851. The van der Waals surface area contributed by atoms with Gasteiger partial charge < -0.3 is 15.5 Å². The molecule has 0 radical (unpaired) electrons. The van der Waals surface area contributed by atoms with Crippen LogP contribution in [-0.4, -0.2) is 54.4 Å². The fourth-order valence-corrected chi connectivity index (χ4v) is 2.78. The van der Waals surface area contributed by atoms with Gasteiger partial charge in [0.2, 0.25) is 0 Å². The lowest BCUT2D eigenvalue weighted by Gasteiger charge is -2.21. The molecule has 1 unspecified atom stereocenters. The third kappa shape index (κ3) is 3.55. The summed E-state index contributed by atoms with van der Waals surface area (Å²) in [5.41, 5.74) is 7.02. The number of amides is 1. The molecule has 1 atom stereocenters. The molecule has 4 nitrogen and oxygen atoms in total. The summed E-state index contributed by atoms with van der Waals surface area (Å²) in [5, 5.41) is 0. The van der Waals surface area contributed by atoms with Crippen molar-refractivity contribution in [3.05, 3.63) is 35.4 Å². The van der Waals surface area contributed by atoms with Crippen LogP contribution in [-0.2, 0) is 0 Å². The third-order valence-corrected chi connectivity index (χ3v) is 4.02. The average Bonchev–Trinajstić information content (AvgIpc) is 2.83. The van der Waals surface area contributed by atoms with Crippen LogP contribution in [0.3, 0.4) is 0 Å². The molecule has 2 rings (SSSR count). The fourth-order valence-electron chi connectivity index (χ4n) is 2.64. The summed E-state index contributed by atoms with van der Waals surface area (Å²) in [6.45, 7) is 2.99. The molecular formula is C15H21N3OS. The van der Waals surface area contributed by atoms with Crippen LogP contribution < -0.4 is 5.73 Å². The normalized spacial score (nSPS) is 19.0. The molecule has 2 N–H and O–H groups in total. The molecule has 5 heteroatoms. The largest absolute Gasteiger partial charge is 0.389 e. The Kier molecular flexibility index (Phi) is 4.73. The van der Waals surface area contributed by atoms with E-state index >= 15 is 0 Å². The summed E-state index contributed by atoms with van der Waals surface area (Å²) in [7, 11) is 3.98. The lowest BCUT2D eigenvalue weighted by molar-refractivity contribution is 0.0774. The topological polar surface area (TPSA) is 49.6 Å². The van der Waals surface area contributed by atoms with Crippen LogP contribution in [0.1, 0.15) is 22.3 Å². The van der Waals surface area contributed by atoms with Crippen molar-refractivity contribution in [2.45, 2.75) is 6.42 Å². The van der Waals surface area contributed by atoms with Crippen LogP contribution in [0.5, 0.6) is 0 Å². The van der Waals surface area contributed by atoms with Gasteiger partial charge in [-0.25, -0.2) is 0 Å². The van der Waals surface area contributed by atoms with E-state index in [-0.39, 0.29) is 5.91 Å². The number of benzene rings is 1. The second kappa shape index (κ2) is 6.33. The van der Waals surface area contributed by atoms with Gasteiger partial charge in [-0.2, -0.15) is 0 Å². The highest BCUT2D eigenvalue weighted by Gasteiger charge is 2.23. The van der Waals surface area contributed by atoms with Gasteiger partial charge in [0, 0.05) is 31.3 Å². The van der Waals surface area contributed by atoms with Crippen LogP contribution >= 0.6 is 12.2 Å². The van der Waals surface area contributed by atoms with Gasteiger partial charge >= 0.3 is 0 Å². The maximum Gasteiger partial charge on any atom is 0.253 e. The summed E-state index contributed by atoms with van der Waals surface area (Å²) >= 11 is 4.91. The molecule has 20 heavy (non-hydrogen) atoms. The van der Waals surface area contributed by atoms with E-state index in [0.717, 1.165) is 31.6 Å². The van der Waals surface area contributed by atoms with Crippen LogP contribution in [0.4, 0.5) is 0 Å². The number of thiocarbonyl (C=S) groups is 1.